The molecule has 126 valence electrons. The van der Waals surface area contributed by atoms with Crippen molar-refractivity contribution in [2.75, 3.05) is 17.7 Å². The molecule has 0 radical (unpaired) electrons. The number of anilines is 2. The Morgan fingerprint density at radius 3 is 2.62 bits per heavy atom. The van der Waals surface area contributed by atoms with E-state index in [0.717, 1.165) is 11.3 Å². The summed E-state index contributed by atoms with van der Waals surface area (Å²) < 4.78 is 18.7. The van der Waals surface area contributed by atoms with E-state index in [9.17, 15) is 14.0 Å². The molecular formula is C18H19FN2O3. The number of aryl methyl sites for hydroxylation is 1. The molecule has 5 nitrogen and oxygen atoms in total. The average molecular weight is 330 g/mol. The molecule has 0 atom stereocenters. The van der Waals surface area contributed by atoms with Gasteiger partial charge in [0.15, 0.2) is 0 Å². The molecule has 0 saturated carbocycles. The minimum absolute atomic E-state index is 0.0353. The molecule has 0 aromatic heterocycles. The first-order valence-corrected chi connectivity index (χ1v) is 7.48. The smallest absolute Gasteiger partial charge is 0.224 e. The highest BCUT2D eigenvalue weighted by molar-refractivity contribution is 5.93. The van der Waals surface area contributed by atoms with E-state index < -0.39 is 5.82 Å². The lowest BCUT2D eigenvalue weighted by atomic mass is 10.1. The molecule has 6 heteroatoms. The first-order chi connectivity index (χ1) is 11.5. The maximum absolute atomic E-state index is 13.6. The van der Waals surface area contributed by atoms with Gasteiger partial charge in [0.1, 0.15) is 11.6 Å². The molecule has 0 spiro atoms. The van der Waals surface area contributed by atoms with Crippen molar-refractivity contribution in [1.29, 1.82) is 0 Å². The van der Waals surface area contributed by atoms with Crippen molar-refractivity contribution in [2.45, 2.75) is 19.8 Å². The van der Waals surface area contributed by atoms with E-state index in [1.54, 1.807) is 7.11 Å². The molecular weight excluding hydrogens is 311 g/mol. The second-order valence-corrected chi connectivity index (χ2v) is 5.28. The molecule has 2 aromatic rings. The number of hydrogen-bond donors (Lipinski definition) is 2. The van der Waals surface area contributed by atoms with Crippen LogP contribution in [0.1, 0.15) is 18.9 Å². The van der Waals surface area contributed by atoms with E-state index in [4.69, 9.17) is 4.74 Å². The van der Waals surface area contributed by atoms with Crippen LogP contribution in [0.3, 0.4) is 0 Å². The van der Waals surface area contributed by atoms with Crippen molar-refractivity contribution in [3.05, 3.63) is 53.8 Å². The largest absolute Gasteiger partial charge is 0.497 e. The van der Waals surface area contributed by atoms with E-state index in [-0.39, 0.29) is 23.9 Å². The van der Waals surface area contributed by atoms with Crippen LogP contribution in [0.15, 0.2) is 42.5 Å². The monoisotopic (exact) mass is 330 g/mol. The molecule has 0 aliphatic heterocycles. The van der Waals surface area contributed by atoms with Crippen LogP contribution in [0.2, 0.25) is 0 Å². The summed E-state index contributed by atoms with van der Waals surface area (Å²) >= 11 is 0. The van der Waals surface area contributed by atoms with Crippen molar-refractivity contribution >= 4 is 23.2 Å². The lowest BCUT2D eigenvalue weighted by molar-refractivity contribution is -0.116. The molecule has 0 heterocycles. The summed E-state index contributed by atoms with van der Waals surface area (Å²) in [6, 6.07) is 11.5. The van der Waals surface area contributed by atoms with Gasteiger partial charge in [-0.3, -0.25) is 9.59 Å². The number of methoxy groups -OCH3 is 1. The third-order valence-corrected chi connectivity index (χ3v) is 3.34. The van der Waals surface area contributed by atoms with Gasteiger partial charge in [-0.2, -0.15) is 0 Å². The Morgan fingerprint density at radius 2 is 1.92 bits per heavy atom. The highest BCUT2D eigenvalue weighted by atomic mass is 19.1. The minimum Gasteiger partial charge on any atom is -0.497 e. The molecule has 2 rings (SSSR count). The number of carbonyl (C=O) groups excluding carboxylic acids is 2. The van der Waals surface area contributed by atoms with Crippen LogP contribution >= 0.6 is 0 Å². The molecule has 0 aliphatic carbocycles. The number of halogens is 1. The normalized spacial score (nSPS) is 10.1. The molecule has 0 fully saturated rings. The summed E-state index contributed by atoms with van der Waals surface area (Å²) in [5, 5.41) is 5.07. The Labute approximate surface area is 139 Å². The third kappa shape index (κ3) is 5.08. The fourth-order valence-corrected chi connectivity index (χ4v) is 2.20. The van der Waals surface area contributed by atoms with E-state index in [1.807, 2.05) is 24.3 Å². The number of rotatable bonds is 6. The summed E-state index contributed by atoms with van der Waals surface area (Å²) in [6.45, 7) is 1.29. The van der Waals surface area contributed by atoms with Gasteiger partial charge >= 0.3 is 0 Å². The van der Waals surface area contributed by atoms with Crippen LogP contribution in [-0.2, 0) is 16.0 Å². The van der Waals surface area contributed by atoms with E-state index in [1.165, 1.54) is 25.1 Å². The van der Waals surface area contributed by atoms with Gasteiger partial charge in [0.05, 0.1) is 12.8 Å². The molecule has 2 aromatic carbocycles. The number of benzene rings is 2. The Kier molecular flexibility index (Phi) is 5.89. The first kappa shape index (κ1) is 17.5. The lowest BCUT2D eigenvalue weighted by Gasteiger charge is -2.09. The molecule has 2 N–H and O–H groups in total. The second-order valence-electron chi connectivity index (χ2n) is 5.28. The fourth-order valence-electron chi connectivity index (χ4n) is 2.20. The van der Waals surface area contributed by atoms with Gasteiger partial charge in [0.25, 0.3) is 0 Å². The van der Waals surface area contributed by atoms with Crippen molar-refractivity contribution in [3.63, 3.8) is 0 Å². The Morgan fingerprint density at radius 1 is 1.12 bits per heavy atom. The van der Waals surface area contributed by atoms with Crippen molar-refractivity contribution in [3.8, 4) is 5.75 Å². The van der Waals surface area contributed by atoms with Crippen LogP contribution in [0, 0.1) is 5.82 Å². The highest BCUT2D eigenvalue weighted by Crippen LogP contribution is 2.20. The number of carbonyl (C=O) groups is 2. The molecule has 0 aliphatic rings. The molecule has 2 amide bonds. The predicted octanol–water partition coefficient (Wildman–Crippen LogP) is 3.36. The van der Waals surface area contributed by atoms with Crippen LogP contribution in [-0.4, -0.2) is 18.9 Å². The van der Waals surface area contributed by atoms with Crippen molar-refractivity contribution in [1.82, 2.24) is 0 Å². The maximum atomic E-state index is 13.6. The first-order valence-electron chi connectivity index (χ1n) is 7.48. The third-order valence-electron chi connectivity index (χ3n) is 3.34. The van der Waals surface area contributed by atoms with Crippen LogP contribution in [0.5, 0.6) is 5.75 Å². The van der Waals surface area contributed by atoms with Gasteiger partial charge in [0, 0.05) is 19.0 Å². The standard InChI is InChI=1S/C18H19FN2O3/c1-12(22)20-17-11-14(7-8-16(17)19)21-18(23)9-6-13-4-3-5-15(10-13)24-2/h3-5,7-8,10-11H,6,9H2,1-2H3,(H,20,22)(H,21,23). The summed E-state index contributed by atoms with van der Waals surface area (Å²) in [6.07, 6.45) is 0.836. The number of hydrogen-bond acceptors (Lipinski definition) is 3. The zero-order valence-corrected chi connectivity index (χ0v) is 13.6. The highest BCUT2D eigenvalue weighted by Gasteiger charge is 2.08. The molecule has 0 unspecified atom stereocenters. The Hall–Kier alpha value is -2.89. The van der Waals surface area contributed by atoms with E-state index in [2.05, 4.69) is 10.6 Å². The minimum atomic E-state index is -0.556. The lowest BCUT2D eigenvalue weighted by Crippen LogP contribution is -2.13. The molecule has 24 heavy (non-hydrogen) atoms. The van der Waals surface area contributed by atoms with Crippen LogP contribution < -0.4 is 15.4 Å². The topological polar surface area (TPSA) is 67.4 Å². The SMILES string of the molecule is COc1cccc(CCC(=O)Nc2ccc(F)c(NC(C)=O)c2)c1. The van der Waals surface area contributed by atoms with Gasteiger partial charge in [-0.1, -0.05) is 12.1 Å². The summed E-state index contributed by atoms with van der Waals surface area (Å²) in [5.74, 6) is -0.389. The Balaban J connectivity index is 1.95. The van der Waals surface area contributed by atoms with Gasteiger partial charge in [-0.25, -0.2) is 4.39 Å². The predicted molar refractivity (Wildman–Crippen MR) is 90.6 cm³/mol. The summed E-state index contributed by atoms with van der Waals surface area (Å²) in [5.41, 5.74) is 1.45. The van der Waals surface area contributed by atoms with Crippen molar-refractivity contribution < 1.29 is 18.7 Å². The maximum Gasteiger partial charge on any atom is 0.224 e. The average Bonchev–Trinajstić information content (AvgIpc) is 2.56. The second kappa shape index (κ2) is 8.10. The van der Waals surface area contributed by atoms with Crippen LogP contribution in [0.25, 0.3) is 0 Å². The molecule has 0 bridgehead atoms. The summed E-state index contributed by atoms with van der Waals surface area (Å²) in [4.78, 5) is 23.1. The van der Waals surface area contributed by atoms with Gasteiger partial charge in [-0.05, 0) is 42.3 Å². The number of nitrogens with one attached hydrogen (secondary N) is 2. The number of amides is 2. The fraction of sp³-hybridized carbons (Fsp3) is 0.222. The van der Waals surface area contributed by atoms with Gasteiger partial charge < -0.3 is 15.4 Å². The zero-order valence-electron chi connectivity index (χ0n) is 13.6. The zero-order chi connectivity index (χ0) is 17.5. The quantitative estimate of drug-likeness (QED) is 0.853. The Bertz CT molecular complexity index is 747. The van der Waals surface area contributed by atoms with Crippen molar-refractivity contribution in [2.24, 2.45) is 0 Å². The van der Waals surface area contributed by atoms with Crippen LogP contribution in [0.4, 0.5) is 15.8 Å². The molecule has 0 saturated heterocycles. The van der Waals surface area contributed by atoms with Gasteiger partial charge in [0.2, 0.25) is 11.8 Å². The van der Waals surface area contributed by atoms with E-state index >= 15 is 0 Å². The number of ether oxygens (including phenoxy) is 1. The summed E-state index contributed by atoms with van der Waals surface area (Å²) in [7, 11) is 1.59. The van der Waals surface area contributed by atoms with Gasteiger partial charge in [-0.15, -0.1) is 0 Å². The van der Waals surface area contributed by atoms with E-state index in [0.29, 0.717) is 12.1 Å².